The van der Waals surface area contributed by atoms with E-state index in [-0.39, 0.29) is 23.5 Å². The fourth-order valence-corrected chi connectivity index (χ4v) is 3.05. The third-order valence-corrected chi connectivity index (χ3v) is 4.74. The molecular formula is C18H20N6O3. The molecule has 2 fully saturated rings. The van der Waals surface area contributed by atoms with Gasteiger partial charge in [-0.15, -0.1) is 0 Å². The number of aromatic nitrogens is 2. The third-order valence-electron chi connectivity index (χ3n) is 4.74. The van der Waals surface area contributed by atoms with Crippen molar-refractivity contribution in [1.29, 1.82) is 0 Å². The predicted molar refractivity (Wildman–Crippen MR) is 99.9 cm³/mol. The average molecular weight is 368 g/mol. The molecule has 0 bridgehead atoms. The van der Waals surface area contributed by atoms with E-state index in [1.807, 2.05) is 35.2 Å². The second-order valence-electron chi connectivity index (χ2n) is 6.72. The van der Waals surface area contributed by atoms with Gasteiger partial charge in [0.05, 0.1) is 4.92 Å². The molecule has 1 saturated carbocycles. The topological polar surface area (TPSA) is 104 Å². The van der Waals surface area contributed by atoms with Crippen LogP contribution in [0.15, 0.2) is 36.5 Å². The van der Waals surface area contributed by atoms with Crippen molar-refractivity contribution in [3.05, 3.63) is 52.2 Å². The smallest absolute Gasteiger partial charge is 0.329 e. The highest BCUT2D eigenvalue weighted by molar-refractivity contribution is 5.94. The van der Waals surface area contributed by atoms with Gasteiger partial charge in [-0.3, -0.25) is 14.9 Å². The second-order valence-corrected chi connectivity index (χ2v) is 6.72. The number of nitrogens with one attached hydrogen (secondary N) is 1. The largest absolute Gasteiger partial charge is 0.361 e. The zero-order valence-electron chi connectivity index (χ0n) is 14.7. The number of piperazine rings is 1. The molecule has 1 N–H and O–H groups in total. The number of hydrogen-bond acceptors (Lipinski definition) is 7. The molecule has 9 heteroatoms. The van der Waals surface area contributed by atoms with Crippen molar-refractivity contribution in [3.8, 4) is 0 Å². The number of benzene rings is 1. The van der Waals surface area contributed by atoms with Crippen molar-refractivity contribution in [2.24, 2.45) is 0 Å². The van der Waals surface area contributed by atoms with Gasteiger partial charge in [0, 0.05) is 37.8 Å². The lowest BCUT2D eigenvalue weighted by atomic mass is 10.2. The zero-order valence-corrected chi connectivity index (χ0v) is 14.7. The Kier molecular flexibility index (Phi) is 4.57. The van der Waals surface area contributed by atoms with Gasteiger partial charge in [0.1, 0.15) is 6.20 Å². The van der Waals surface area contributed by atoms with Crippen LogP contribution in [0.3, 0.4) is 0 Å². The van der Waals surface area contributed by atoms with E-state index in [9.17, 15) is 14.9 Å². The van der Waals surface area contributed by atoms with E-state index in [2.05, 4.69) is 15.3 Å². The van der Waals surface area contributed by atoms with Crippen LogP contribution >= 0.6 is 0 Å². The van der Waals surface area contributed by atoms with E-state index >= 15 is 0 Å². The standard InChI is InChI=1S/C18H20N6O3/c25-17(13-4-2-1-3-5-13)22-8-10-23(11-9-22)18-19-12-15(24(26)27)16(21-18)20-14-6-7-14/h1-5,12,14H,6-11H2,(H,19,20,21). The number of carbonyl (C=O) groups excluding carboxylic acids is 1. The first-order chi connectivity index (χ1) is 13.1. The number of hydrogen-bond donors (Lipinski definition) is 1. The molecule has 1 aromatic heterocycles. The van der Waals surface area contributed by atoms with Crippen LogP contribution in [0.25, 0.3) is 0 Å². The summed E-state index contributed by atoms with van der Waals surface area (Å²) in [6.07, 6.45) is 3.25. The number of anilines is 2. The van der Waals surface area contributed by atoms with E-state index in [4.69, 9.17) is 0 Å². The summed E-state index contributed by atoms with van der Waals surface area (Å²) in [5, 5.41) is 14.3. The summed E-state index contributed by atoms with van der Waals surface area (Å²) in [5.74, 6) is 0.738. The Hall–Kier alpha value is -3.23. The number of rotatable bonds is 5. The maximum atomic E-state index is 12.5. The van der Waals surface area contributed by atoms with E-state index in [1.54, 1.807) is 4.90 Å². The van der Waals surface area contributed by atoms with E-state index in [0.717, 1.165) is 12.8 Å². The summed E-state index contributed by atoms with van der Waals surface area (Å²) < 4.78 is 0. The number of carbonyl (C=O) groups is 1. The minimum atomic E-state index is -0.467. The van der Waals surface area contributed by atoms with Crippen LogP contribution < -0.4 is 10.2 Å². The highest BCUT2D eigenvalue weighted by Gasteiger charge is 2.28. The first-order valence-corrected chi connectivity index (χ1v) is 8.99. The lowest BCUT2D eigenvalue weighted by molar-refractivity contribution is -0.384. The highest BCUT2D eigenvalue weighted by Crippen LogP contribution is 2.30. The number of nitrogens with zero attached hydrogens (tertiary/aromatic N) is 5. The fourth-order valence-electron chi connectivity index (χ4n) is 3.05. The maximum Gasteiger partial charge on any atom is 0.329 e. The fraction of sp³-hybridized carbons (Fsp3) is 0.389. The molecule has 2 aromatic rings. The summed E-state index contributed by atoms with van der Waals surface area (Å²) in [7, 11) is 0. The molecule has 0 radical (unpaired) electrons. The van der Waals surface area contributed by atoms with E-state index in [0.29, 0.717) is 37.7 Å². The summed E-state index contributed by atoms with van der Waals surface area (Å²) in [5.41, 5.74) is 0.567. The Morgan fingerprint density at radius 3 is 2.48 bits per heavy atom. The second kappa shape index (κ2) is 7.18. The van der Waals surface area contributed by atoms with Crippen molar-refractivity contribution >= 4 is 23.4 Å². The molecule has 1 aliphatic heterocycles. The molecule has 140 valence electrons. The first kappa shape index (κ1) is 17.2. The molecule has 0 atom stereocenters. The van der Waals surface area contributed by atoms with E-state index < -0.39 is 4.92 Å². The van der Waals surface area contributed by atoms with Gasteiger partial charge in [-0.1, -0.05) is 18.2 Å². The lowest BCUT2D eigenvalue weighted by Crippen LogP contribution is -2.49. The maximum absolute atomic E-state index is 12.5. The van der Waals surface area contributed by atoms with Crippen LogP contribution in [-0.2, 0) is 0 Å². The Bertz CT molecular complexity index is 847. The van der Waals surface area contributed by atoms with Crippen LogP contribution in [-0.4, -0.2) is 57.9 Å². The van der Waals surface area contributed by atoms with E-state index in [1.165, 1.54) is 6.20 Å². The molecule has 27 heavy (non-hydrogen) atoms. The monoisotopic (exact) mass is 368 g/mol. The van der Waals surface area contributed by atoms with Gasteiger partial charge in [0.2, 0.25) is 11.8 Å². The van der Waals surface area contributed by atoms with Gasteiger partial charge in [0.15, 0.2) is 0 Å². The lowest BCUT2D eigenvalue weighted by Gasteiger charge is -2.34. The molecule has 0 spiro atoms. The molecule has 1 aliphatic carbocycles. The summed E-state index contributed by atoms with van der Waals surface area (Å²) in [6, 6.07) is 9.46. The first-order valence-electron chi connectivity index (χ1n) is 8.99. The Balaban J connectivity index is 1.44. The molecule has 4 rings (SSSR count). The molecule has 1 aromatic carbocycles. The normalized spacial score (nSPS) is 16.9. The van der Waals surface area contributed by atoms with Gasteiger partial charge in [-0.05, 0) is 25.0 Å². The van der Waals surface area contributed by atoms with Crippen molar-refractivity contribution < 1.29 is 9.72 Å². The molecular weight excluding hydrogens is 348 g/mol. The van der Waals surface area contributed by atoms with Crippen LogP contribution in [0.1, 0.15) is 23.2 Å². The number of amides is 1. The molecule has 0 unspecified atom stereocenters. The molecule has 2 heterocycles. The van der Waals surface area contributed by atoms with Crippen molar-refractivity contribution in [3.63, 3.8) is 0 Å². The average Bonchev–Trinajstić information content (AvgIpc) is 3.52. The van der Waals surface area contributed by atoms with Gasteiger partial charge in [0.25, 0.3) is 5.91 Å². The van der Waals surface area contributed by atoms with Gasteiger partial charge >= 0.3 is 5.69 Å². The van der Waals surface area contributed by atoms with Crippen molar-refractivity contribution in [1.82, 2.24) is 14.9 Å². The Labute approximate surface area is 156 Å². The SMILES string of the molecule is O=C(c1ccccc1)N1CCN(c2ncc([N+](=O)[O-])c(NC3CC3)n2)CC1. The van der Waals surface area contributed by atoms with Crippen molar-refractivity contribution in [2.75, 3.05) is 36.4 Å². The summed E-state index contributed by atoms with van der Waals surface area (Å²) in [6.45, 7) is 2.28. The minimum Gasteiger partial charge on any atom is -0.361 e. The summed E-state index contributed by atoms with van der Waals surface area (Å²) in [4.78, 5) is 35.6. The van der Waals surface area contributed by atoms with Gasteiger partial charge in [-0.25, -0.2) is 4.98 Å². The van der Waals surface area contributed by atoms with Gasteiger partial charge in [-0.2, -0.15) is 4.98 Å². The van der Waals surface area contributed by atoms with Crippen LogP contribution in [0.5, 0.6) is 0 Å². The molecule has 2 aliphatic rings. The minimum absolute atomic E-state index is 0.0101. The van der Waals surface area contributed by atoms with Crippen LogP contribution in [0.2, 0.25) is 0 Å². The van der Waals surface area contributed by atoms with Crippen molar-refractivity contribution in [2.45, 2.75) is 18.9 Å². The van der Waals surface area contributed by atoms with Gasteiger partial charge < -0.3 is 15.1 Å². The van der Waals surface area contributed by atoms with Crippen LogP contribution in [0.4, 0.5) is 17.5 Å². The predicted octanol–water partition coefficient (Wildman–Crippen LogP) is 1.92. The Morgan fingerprint density at radius 1 is 1.15 bits per heavy atom. The summed E-state index contributed by atoms with van der Waals surface area (Å²) >= 11 is 0. The molecule has 1 saturated heterocycles. The van der Waals surface area contributed by atoms with Crippen LogP contribution in [0, 0.1) is 10.1 Å². The number of nitro groups is 1. The third kappa shape index (κ3) is 3.81. The Morgan fingerprint density at radius 2 is 1.85 bits per heavy atom. The highest BCUT2D eigenvalue weighted by atomic mass is 16.6. The zero-order chi connectivity index (χ0) is 18.8. The quantitative estimate of drug-likeness (QED) is 0.635. The molecule has 1 amide bonds. The molecule has 9 nitrogen and oxygen atoms in total.